The molecule has 0 aliphatic carbocycles. The Morgan fingerprint density at radius 1 is 1.47 bits per heavy atom. The van der Waals surface area contributed by atoms with Crippen molar-refractivity contribution in [3.63, 3.8) is 0 Å². The molecule has 1 rings (SSSR count). The molecule has 0 bridgehead atoms. The minimum absolute atomic E-state index is 0.406. The van der Waals surface area contributed by atoms with Gasteiger partial charge in [-0.05, 0) is 25.6 Å². The molecule has 1 atom stereocenters. The Morgan fingerprint density at radius 3 is 2.95 bits per heavy atom. The maximum atomic E-state index is 5.82. The Labute approximate surface area is 123 Å². The zero-order valence-corrected chi connectivity index (χ0v) is 13.8. The SMILES string of the molecule is CSNCC[C@H]1CN(CCN(C)CC(C)C)CCO1. The van der Waals surface area contributed by atoms with Crippen molar-refractivity contribution in [3.8, 4) is 0 Å². The minimum Gasteiger partial charge on any atom is -0.376 e. The Bertz CT molecular complexity index is 229. The third-order valence-electron chi connectivity index (χ3n) is 3.41. The summed E-state index contributed by atoms with van der Waals surface area (Å²) >= 11 is 1.68. The molecule has 1 N–H and O–H groups in total. The van der Waals surface area contributed by atoms with Crippen LogP contribution in [-0.2, 0) is 4.74 Å². The molecule has 0 unspecified atom stereocenters. The van der Waals surface area contributed by atoms with Crippen molar-refractivity contribution in [2.75, 3.05) is 59.2 Å². The summed E-state index contributed by atoms with van der Waals surface area (Å²) in [5.41, 5.74) is 0. The fourth-order valence-corrected chi connectivity index (χ4v) is 2.83. The zero-order valence-electron chi connectivity index (χ0n) is 13.0. The van der Waals surface area contributed by atoms with E-state index < -0.39 is 0 Å². The molecule has 0 saturated carbocycles. The topological polar surface area (TPSA) is 27.7 Å². The molecule has 0 radical (unpaired) electrons. The summed E-state index contributed by atoms with van der Waals surface area (Å²) in [5, 5.41) is 0. The number of nitrogens with zero attached hydrogens (tertiary/aromatic N) is 2. The minimum atomic E-state index is 0.406. The first-order valence-electron chi connectivity index (χ1n) is 7.40. The summed E-state index contributed by atoms with van der Waals surface area (Å²) in [6.07, 6.45) is 3.58. The highest BCUT2D eigenvalue weighted by molar-refractivity contribution is 7.96. The monoisotopic (exact) mass is 289 g/mol. The molecule has 1 aliphatic rings. The molecule has 0 aromatic rings. The second kappa shape index (κ2) is 10.00. The first kappa shape index (κ1) is 17.2. The molecule has 0 aromatic heterocycles. The number of ether oxygens (including phenoxy) is 1. The van der Waals surface area contributed by atoms with Crippen LogP contribution >= 0.6 is 11.9 Å². The van der Waals surface area contributed by atoms with Gasteiger partial charge in [0.2, 0.25) is 0 Å². The van der Waals surface area contributed by atoms with Crippen LogP contribution in [0.5, 0.6) is 0 Å². The molecule has 4 nitrogen and oxygen atoms in total. The molecular formula is C14H31N3OS. The average Bonchev–Trinajstić information content (AvgIpc) is 2.36. The van der Waals surface area contributed by atoms with E-state index in [1.54, 1.807) is 11.9 Å². The summed E-state index contributed by atoms with van der Waals surface area (Å²) < 4.78 is 9.11. The van der Waals surface area contributed by atoms with Gasteiger partial charge in [0.25, 0.3) is 0 Å². The summed E-state index contributed by atoms with van der Waals surface area (Å²) in [7, 11) is 2.22. The largest absolute Gasteiger partial charge is 0.376 e. The molecule has 0 spiro atoms. The molecule has 0 aromatic carbocycles. The molecule has 0 amide bonds. The third-order valence-corrected chi connectivity index (χ3v) is 3.90. The Hall–Kier alpha value is 0.190. The number of morpholine rings is 1. The average molecular weight is 289 g/mol. The van der Waals surface area contributed by atoms with Crippen molar-refractivity contribution < 1.29 is 4.74 Å². The number of hydrogen-bond acceptors (Lipinski definition) is 5. The fourth-order valence-electron chi connectivity index (χ4n) is 2.51. The van der Waals surface area contributed by atoms with E-state index in [2.05, 4.69) is 41.7 Å². The van der Waals surface area contributed by atoms with E-state index in [9.17, 15) is 0 Å². The van der Waals surface area contributed by atoms with Gasteiger partial charge in [-0.1, -0.05) is 25.8 Å². The van der Waals surface area contributed by atoms with Gasteiger partial charge in [0.1, 0.15) is 0 Å². The predicted octanol–water partition coefficient (Wildman–Crippen LogP) is 1.53. The van der Waals surface area contributed by atoms with Gasteiger partial charge in [0.05, 0.1) is 12.7 Å². The molecule has 1 aliphatic heterocycles. The highest BCUT2D eigenvalue weighted by Crippen LogP contribution is 2.08. The van der Waals surface area contributed by atoms with E-state index in [1.165, 1.54) is 13.1 Å². The second-order valence-electron chi connectivity index (χ2n) is 5.84. The van der Waals surface area contributed by atoms with Crippen molar-refractivity contribution in [1.82, 2.24) is 14.5 Å². The highest BCUT2D eigenvalue weighted by atomic mass is 32.2. The van der Waals surface area contributed by atoms with Gasteiger partial charge >= 0.3 is 0 Å². The molecule has 19 heavy (non-hydrogen) atoms. The van der Waals surface area contributed by atoms with Crippen LogP contribution in [0, 0.1) is 5.92 Å². The van der Waals surface area contributed by atoms with Crippen molar-refractivity contribution in [3.05, 3.63) is 0 Å². The van der Waals surface area contributed by atoms with Crippen LogP contribution in [0.15, 0.2) is 0 Å². The zero-order chi connectivity index (χ0) is 14.1. The molecule has 1 saturated heterocycles. The van der Waals surface area contributed by atoms with Crippen LogP contribution in [0.4, 0.5) is 0 Å². The first-order chi connectivity index (χ1) is 9.11. The number of hydrogen-bond donors (Lipinski definition) is 1. The van der Waals surface area contributed by atoms with Crippen LogP contribution in [0.2, 0.25) is 0 Å². The van der Waals surface area contributed by atoms with Crippen LogP contribution in [-0.4, -0.2) is 75.1 Å². The summed E-state index contributed by atoms with van der Waals surface area (Å²) in [6, 6.07) is 0. The normalized spacial score (nSPS) is 21.5. The summed E-state index contributed by atoms with van der Waals surface area (Å²) in [5.74, 6) is 0.750. The standard InChI is InChI=1S/C14H31N3OS/c1-13(2)11-16(3)7-8-17-9-10-18-14(12-17)5-6-15-19-4/h13-15H,5-12H2,1-4H3/t14-/m0/s1. The van der Waals surface area contributed by atoms with Crippen molar-refractivity contribution in [1.29, 1.82) is 0 Å². The molecular weight excluding hydrogens is 258 g/mol. The van der Waals surface area contributed by atoms with Crippen molar-refractivity contribution in [2.24, 2.45) is 5.92 Å². The van der Waals surface area contributed by atoms with Crippen molar-refractivity contribution >= 4 is 11.9 Å². The summed E-state index contributed by atoms with van der Waals surface area (Å²) in [6.45, 7) is 12.2. The lowest BCUT2D eigenvalue weighted by atomic mass is 10.2. The molecule has 5 heteroatoms. The number of likely N-dealkylation sites (N-methyl/N-ethyl adjacent to an activating group) is 1. The van der Waals surface area contributed by atoms with Gasteiger partial charge in [-0.2, -0.15) is 0 Å². The van der Waals surface area contributed by atoms with E-state index in [0.717, 1.165) is 45.1 Å². The smallest absolute Gasteiger partial charge is 0.0715 e. The van der Waals surface area contributed by atoms with Crippen LogP contribution in [0.25, 0.3) is 0 Å². The van der Waals surface area contributed by atoms with Gasteiger partial charge in [0, 0.05) is 39.3 Å². The lowest BCUT2D eigenvalue weighted by Gasteiger charge is -2.34. The Balaban J connectivity index is 2.15. The molecule has 1 heterocycles. The van der Waals surface area contributed by atoms with E-state index in [0.29, 0.717) is 6.10 Å². The lowest BCUT2D eigenvalue weighted by Crippen LogP contribution is -2.46. The van der Waals surface area contributed by atoms with Gasteiger partial charge in [-0.15, -0.1) is 0 Å². The van der Waals surface area contributed by atoms with Crippen LogP contribution in [0.3, 0.4) is 0 Å². The molecule has 114 valence electrons. The predicted molar refractivity (Wildman–Crippen MR) is 84.6 cm³/mol. The van der Waals surface area contributed by atoms with Gasteiger partial charge in [-0.3, -0.25) is 9.62 Å². The summed E-state index contributed by atoms with van der Waals surface area (Å²) in [4.78, 5) is 4.98. The Kier molecular flexibility index (Phi) is 9.07. The van der Waals surface area contributed by atoms with Gasteiger partial charge in [0.15, 0.2) is 0 Å². The van der Waals surface area contributed by atoms with Crippen molar-refractivity contribution in [2.45, 2.75) is 26.4 Å². The maximum Gasteiger partial charge on any atom is 0.0715 e. The van der Waals surface area contributed by atoms with E-state index in [1.807, 2.05) is 0 Å². The van der Waals surface area contributed by atoms with Crippen LogP contribution in [0.1, 0.15) is 20.3 Å². The number of nitrogens with one attached hydrogen (secondary N) is 1. The first-order valence-corrected chi connectivity index (χ1v) is 8.62. The highest BCUT2D eigenvalue weighted by Gasteiger charge is 2.20. The maximum absolute atomic E-state index is 5.82. The van der Waals surface area contributed by atoms with E-state index in [4.69, 9.17) is 4.74 Å². The van der Waals surface area contributed by atoms with Gasteiger partial charge in [-0.25, -0.2) is 0 Å². The van der Waals surface area contributed by atoms with E-state index >= 15 is 0 Å². The van der Waals surface area contributed by atoms with Crippen LogP contribution < -0.4 is 4.72 Å². The Morgan fingerprint density at radius 2 is 2.26 bits per heavy atom. The quantitative estimate of drug-likeness (QED) is 0.513. The number of rotatable bonds is 9. The third kappa shape index (κ3) is 8.15. The van der Waals surface area contributed by atoms with Gasteiger partial charge < -0.3 is 9.64 Å². The van der Waals surface area contributed by atoms with E-state index in [-0.39, 0.29) is 0 Å². The fraction of sp³-hybridized carbons (Fsp3) is 1.00. The lowest BCUT2D eigenvalue weighted by molar-refractivity contribution is -0.0327. The molecule has 1 fully saturated rings. The second-order valence-corrected chi connectivity index (χ2v) is 6.53.